The molecule has 7 heteroatoms. The molecule has 2 saturated heterocycles. The van der Waals surface area contributed by atoms with Crippen LogP contribution in [0.25, 0.3) is 0 Å². The molecule has 2 aliphatic rings. The van der Waals surface area contributed by atoms with Gasteiger partial charge in [0.15, 0.2) is 9.84 Å². The molecule has 6 nitrogen and oxygen atoms in total. The third kappa shape index (κ3) is 1.97. The normalized spacial score (nSPS) is 30.4. The van der Waals surface area contributed by atoms with Crippen molar-refractivity contribution in [3.05, 3.63) is 0 Å². The molecule has 2 aliphatic heterocycles. The maximum atomic E-state index is 11.4. The minimum atomic E-state index is -3.01. The molecular weight excluding hydrogens is 220 g/mol. The molecule has 2 heterocycles. The fraction of sp³-hybridized carbons (Fsp3) is 0.750. The van der Waals surface area contributed by atoms with Crippen LogP contribution < -0.4 is 5.32 Å². The molecule has 1 atom stereocenters. The van der Waals surface area contributed by atoms with Gasteiger partial charge in [0, 0.05) is 19.1 Å². The van der Waals surface area contributed by atoms with Crippen LogP contribution in [0.3, 0.4) is 0 Å². The van der Waals surface area contributed by atoms with Crippen LogP contribution in [0.5, 0.6) is 0 Å². The van der Waals surface area contributed by atoms with Crippen LogP contribution in [0.2, 0.25) is 0 Å². The van der Waals surface area contributed by atoms with Gasteiger partial charge in [-0.2, -0.15) is 0 Å². The summed E-state index contributed by atoms with van der Waals surface area (Å²) in [4.78, 5) is 23.9. The number of carbonyl (C=O) groups excluding carboxylic acids is 2. The molecular formula is C8H12N2O4S. The first-order valence-electron chi connectivity index (χ1n) is 4.79. The molecule has 0 aromatic rings. The van der Waals surface area contributed by atoms with Gasteiger partial charge in [0.25, 0.3) is 0 Å². The van der Waals surface area contributed by atoms with Gasteiger partial charge in [-0.1, -0.05) is 0 Å². The second-order valence-electron chi connectivity index (χ2n) is 3.81. The number of sulfone groups is 1. The lowest BCUT2D eigenvalue weighted by molar-refractivity contribution is -0.149. The third-order valence-electron chi connectivity index (χ3n) is 2.74. The van der Waals surface area contributed by atoms with Crippen LogP contribution in [0.1, 0.15) is 6.42 Å². The summed E-state index contributed by atoms with van der Waals surface area (Å²) in [5, 5.41) is 2.43. The monoisotopic (exact) mass is 232 g/mol. The van der Waals surface area contributed by atoms with Crippen LogP contribution >= 0.6 is 0 Å². The quantitative estimate of drug-likeness (QED) is 0.537. The van der Waals surface area contributed by atoms with E-state index in [2.05, 4.69) is 5.32 Å². The first-order chi connectivity index (χ1) is 6.99. The Labute approximate surface area is 87.5 Å². The minimum absolute atomic E-state index is 0.00792. The summed E-state index contributed by atoms with van der Waals surface area (Å²) in [5.41, 5.74) is 0. The van der Waals surface area contributed by atoms with E-state index in [1.165, 1.54) is 4.90 Å². The molecule has 2 amide bonds. The fourth-order valence-corrected chi connectivity index (χ4v) is 3.70. The lowest BCUT2D eigenvalue weighted by atomic mass is 10.2. The molecule has 1 N–H and O–H groups in total. The predicted molar refractivity (Wildman–Crippen MR) is 51.8 cm³/mol. The summed E-state index contributed by atoms with van der Waals surface area (Å²) >= 11 is 0. The van der Waals surface area contributed by atoms with Crippen LogP contribution in [-0.2, 0) is 19.4 Å². The average molecular weight is 232 g/mol. The van der Waals surface area contributed by atoms with Crippen molar-refractivity contribution in [2.24, 2.45) is 0 Å². The standard InChI is InChI=1S/C8H12N2O4S/c11-7-8(12)10(3-2-9-7)6-1-4-15(13,14)5-6/h6H,1-5H2,(H,9,11). The molecule has 0 aromatic carbocycles. The fourth-order valence-electron chi connectivity index (χ4n) is 1.97. The first kappa shape index (κ1) is 10.4. The molecule has 0 radical (unpaired) electrons. The predicted octanol–water partition coefficient (Wildman–Crippen LogP) is -1.87. The number of rotatable bonds is 1. The van der Waals surface area contributed by atoms with Crippen molar-refractivity contribution in [2.75, 3.05) is 24.6 Å². The Kier molecular flexibility index (Phi) is 2.41. The second kappa shape index (κ2) is 3.48. The molecule has 2 fully saturated rings. The smallest absolute Gasteiger partial charge is 0.312 e. The van der Waals surface area contributed by atoms with E-state index < -0.39 is 21.7 Å². The summed E-state index contributed by atoms with van der Waals surface area (Å²) in [7, 11) is -3.01. The van der Waals surface area contributed by atoms with Gasteiger partial charge >= 0.3 is 11.8 Å². The highest BCUT2D eigenvalue weighted by Gasteiger charge is 2.38. The van der Waals surface area contributed by atoms with E-state index in [0.29, 0.717) is 19.5 Å². The van der Waals surface area contributed by atoms with E-state index >= 15 is 0 Å². The van der Waals surface area contributed by atoms with Crippen molar-refractivity contribution in [1.82, 2.24) is 10.2 Å². The lowest BCUT2D eigenvalue weighted by Gasteiger charge is -2.30. The van der Waals surface area contributed by atoms with Crippen molar-refractivity contribution >= 4 is 21.7 Å². The second-order valence-corrected chi connectivity index (χ2v) is 6.04. The molecule has 15 heavy (non-hydrogen) atoms. The number of piperazine rings is 1. The average Bonchev–Trinajstić information content (AvgIpc) is 2.51. The molecule has 84 valence electrons. The Morgan fingerprint density at radius 3 is 2.67 bits per heavy atom. The van der Waals surface area contributed by atoms with Gasteiger partial charge in [-0.05, 0) is 6.42 Å². The Hall–Kier alpha value is -1.11. The number of carbonyl (C=O) groups is 2. The van der Waals surface area contributed by atoms with E-state index in [9.17, 15) is 18.0 Å². The van der Waals surface area contributed by atoms with Gasteiger partial charge in [0.2, 0.25) is 0 Å². The van der Waals surface area contributed by atoms with Crippen LogP contribution in [0.4, 0.5) is 0 Å². The minimum Gasteiger partial charge on any atom is -0.346 e. The zero-order valence-corrected chi connectivity index (χ0v) is 8.92. The zero-order chi connectivity index (χ0) is 11.1. The summed E-state index contributed by atoms with van der Waals surface area (Å²) in [5.74, 6) is -1.14. The molecule has 0 bridgehead atoms. The lowest BCUT2D eigenvalue weighted by Crippen LogP contribution is -2.56. The highest BCUT2D eigenvalue weighted by molar-refractivity contribution is 7.91. The molecule has 0 spiro atoms. The number of nitrogens with zero attached hydrogens (tertiary/aromatic N) is 1. The van der Waals surface area contributed by atoms with Crippen LogP contribution in [0, 0.1) is 0 Å². The van der Waals surface area contributed by atoms with Crippen LogP contribution in [-0.4, -0.2) is 55.8 Å². The van der Waals surface area contributed by atoms with E-state index in [-0.39, 0.29) is 17.5 Å². The van der Waals surface area contributed by atoms with Gasteiger partial charge in [-0.3, -0.25) is 9.59 Å². The summed E-state index contributed by atoms with van der Waals surface area (Å²) in [6.07, 6.45) is 0.446. The summed E-state index contributed by atoms with van der Waals surface area (Å²) < 4.78 is 22.5. The molecule has 0 aromatic heterocycles. The van der Waals surface area contributed by atoms with Crippen molar-refractivity contribution in [3.8, 4) is 0 Å². The Balaban J connectivity index is 2.11. The molecule has 0 saturated carbocycles. The van der Waals surface area contributed by atoms with Crippen molar-refractivity contribution in [1.29, 1.82) is 0 Å². The Bertz CT molecular complexity index is 403. The summed E-state index contributed by atoms with van der Waals surface area (Å²) in [6, 6.07) is -0.312. The van der Waals surface area contributed by atoms with Gasteiger partial charge in [0.1, 0.15) is 0 Å². The maximum absolute atomic E-state index is 11.4. The number of amides is 2. The van der Waals surface area contributed by atoms with E-state index in [1.54, 1.807) is 0 Å². The third-order valence-corrected chi connectivity index (χ3v) is 4.49. The topological polar surface area (TPSA) is 83.6 Å². The first-order valence-corrected chi connectivity index (χ1v) is 6.61. The number of hydrogen-bond donors (Lipinski definition) is 1. The molecule has 1 unspecified atom stereocenters. The van der Waals surface area contributed by atoms with E-state index in [1.807, 2.05) is 0 Å². The van der Waals surface area contributed by atoms with Crippen molar-refractivity contribution < 1.29 is 18.0 Å². The Morgan fingerprint density at radius 1 is 1.33 bits per heavy atom. The van der Waals surface area contributed by atoms with Crippen molar-refractivity contribution in [2.45, 2.75) is 12.5 Å². The SMILES string of the molecule is O=C1NCCN(C2CCS(=O)(=O)C2)C1=O. The van der Waals surface area contributed by atoms with E-state index in [0.717, 1.165) is 0 Å². The Morgan fingerprint density at radius 2 is 2.07 bits per heavy atom. The molecule has 2 rings (SSSR count). The summed E-state index contributed by atoms with van der Waals surface area (Å²) in [6.45, 7) is 0.811. The highest BCUT2D eigenvalue weighted by Crippen LogP contribution is 2.18. The van der Waals surface area contributed by atoms with Gasteiger partial charge in [-0.25, -0.2) is 8.42 Å². The van der Waals surface area contributed by atoms with Gasteiger partial charge in [0.05, 0.1) is 11.5 Å². The number of nitrogens with one attached hydrogen (secondary N) is 1. The van der Waals surface area contributed by atoms with Gasteiger partial charge < -0.3 is 10.2 Å². The van der Waals surface area contributed by atoms with E-state index in [4.69, 9.17) is 0 Å². The molecule has 0 aliphatic carbocycles. The maximum Gasteiger partial charge on any atom is 0.312 e. The largest absolute Gasteiger partial charge is 0.346 e. The number of hydrogen-bond acceptors (Lipinski definition) is 4. The highest BCUT2D eigenvalue weighted by atomic mass is 32.2. The van der Waals surface area contributed by atoms with Gasteiger partial charge in [-0.15, -0.1) is 0 Å². The zero-order valence-electron chi connectivity index (χ0n) is 8.10. The van der Waals surface area contributed by atoms with Crippen LogP contribution in [0.15, 0.2) is 0 Å². The van der Waals surface area contributed by atoms with Crippen molar-refractivity contribution in [3.63, 3.8) is 0 Å².